The Kier molecular flexibility index (Phi) is 6.86. The van der Waals surface area contributed by atoms with Gasteiger partial charge >= 0.3 is 12.1 Å². The van der Waals surface area contributed by atoms with Crippen molar-refractivity contribution >= 4 is 24.0 Å². The van der Waals surface area contributed by atoms with Gasteiger partial charge in [-0.3, -0.25) is 14.7 Å². The zero-order valence-corrected chi connectivity index (χ0v) is 16.5. The van der Waals surface area contributed by atoms with Crippen molar-refractivity contribution in [3.8, 4) is 0 Å². The molecule has 0 saturated carbocycles. The van der Waals surface area contributed by atoms with Gasteiger partial charge in [-0.2, -0.15) is 0 Å². The van der Waals surface area contributed by atoms with Crippen molar-refractivity contribution in [3.05, 3.63) is 0 Å². The molecule has 2 heterocycles. The van der Waals surface area contributed by atoms with E-state index in [1.165, 1.54) is 4.90 Å². The van der Waals surface area contributed by atoms with Crippen LogP contribution < -0.4 is 16.0 Å². The number of nitrogens with one attached hydrogen (secondary N) is 3. The van der Waals surface area contributed by atoms with Crippen molar-refractivity contribution in [1.29, 1.82) is 0 Å². The SMILES string of the molecule is CN=C(NCCN1C(=O)CNC1=O)NC1CCCN(C(=O)OC(C)(C)C)C1. The van der Waals surface area contributed by atoms with Crippen molar-refractivity contribution in [2.75, 3.05) is 39.8 Å². The molecule has 0 aliphatic carbocycles. The van der Waals surface area contributed by atoms with Crippen LogP contribution in [0, 0.1) is 0 Å². The lowest BCUT2D eigenvalue weighted by Gasteiger charge is -2.35. The largest absolute Gasteiger partial charge is 0.444 e. The maximum Gasteiger partial charge on any atom is 0.410 e. The second kappa shape index (κ2) is 8.92. The number of carbonyl (C=O) groups is 3. The van der Waals surface area contributed by atoms with E-state index in [4.69, 9.17) is 4.74 Å². The monoisotopic (exact) mass is 382 g/mol. The van der Waals surface area contributed by atoms with Crippen LogP contribution in [-0.2, 0) is 9.53 Å². The van der Waals surface area contributed by atoms with Gasteiger partial charge in [-0.15, -0.1) is 0 Å². The summed E-state index contributed by atoms with van der Waals surface area (Å²) in [5, 5.41) is 8.87. The van der Waals surface area contributed by atoms with Crippen LogP contribution >= 0.6 is 0 Å². The lowest BCUT2D eigenvalue weighted by molar-refractivity contribution is -0.124. The van der Waals surface area contributed by atoms with Crippen LogP contribution in [0.25, 0.3) is 0 Å². The third-order valence-corrected chi connectivity index (χ3v) is 4.20. The van der Waals surface area contributed by atoms with Crippen LogP contribution in [0.5, 0.6) is 0 Å². The molecule has 2 rings (SSSR count). The second-order valence-corrected chi connectivity index (χ2v) is 7.61. The number of ether oxygens (including phenoxy) is 1. The molecule has 3 N–H and O–H groups in total. The molecular weight excluding hydrogens is 352 g/mol. The molecular formula is C17H30N6O4. The average Bonchev–Trinajstić information content (AvgIpc) is 2.91. The van der Waals surface area contributed by atoms with E-state index in [1.54, 1.807) is 11.9 Å². The number of nitrogens with zero attached hydrogens (tertiary/aromatic N) is 3. The smallest absolute Gasteiger partial charge is 0.410 e. The van der Waals surface area contributed by atoms with Gasteiger partial charge in [0.25, 0.3) is 0 Å². The predicted octanol–water partition coefficient (Wildman–Crippen LogP) is 0.103. The Bertz CT molecular complexity index is 585. The fraction of sp³-hybridized carbons (Fsp3) is 0.765. The fourth-order valence-corrected chi connectivity index (χ4v) is 2.94. The molecule has 0 bridgehead atoms. The molecule has 4 amide bonds. The molecule has 0 radical (unpaired) electrons. The number of urea groups is 1. The van der Waals surface area contributed by atoms with Gasteiger partial charge in [0.05, 0.1) is 6.54 Å². The third kappa shape index (κ3) is 6.30. The van der Waals surface area contributed by atoms with Gasteiger partial charge in [-0.25, -0.2) is 9.59 Å². The van der Waals surface area contributed by atoms with Crippen LogP contribution in [0.1, 0.15) is 33.6 Å². The highest BCUT2D eigenvalue weighted by Gasteiger charge is 2.29. The van der Waals surface area contributed by atoms with Crippen molar-refractivity contribution in [3.63, 3.8) is 0 Å². The Morgan fingerprint density at radius 2 is 2.11 bits per heavy atom. The number of aliphatic imine (C=N–C) groups is 1. The van der Waals surface area contributed by atoms with E-state index < -0.39 is 5.60 Å². The molecule has 1 atom stereocenters. The first-order valence-electron chi connectivity index (χ1n) is 9.23. The molecule has 2 aliphatic heterocycles. The minimum atomic E-state index is -0.519. The van der Waals surface area contributed by atoms with Gasteiger partial charge in [0.15, 0.2) is 5.96 Å². The lowest BCUT2D eigenvalue weighted by Crippen LogP contribution is -2.53. The van der Waals surface area contributed by atoms with E-state index in [2.05, 4.69) is 20.9 Å². The molecule has 0 aromatic rings. The number of imide groups is 1. The zero-order chi connectivity index (χ0) is 20.0. The van der Waals surface area contributed by atoms with Crippen LogP contribution in [0.4, 0.5) is 9.59 Å². The summed E-state index contributed by atoms with van der Waals surface area (Å²) in [6, 6.07) is -0.320. The summed E-state index contributed by atoms with van der Waals surface area (Å²) in [6.45, 7) is 7.45. The molecule has 2 fully saturated rings. The van der Waals surface area contributed by atoms with Crippen molar-refractivity contribution < 1.29 is 19.1 Å². The number of piperidine rings is 1. The average molecular weight is 382 g/mol. The second-order valence-electron chi connectivity index (χ2n) is 7.61. The van der Waals surface area contributed by atoms with E-state index in [0.29, 0.717) is 25.6 Å². The van der Waals surface area contributed by atoms with Gasteiger partial charge in [0.1, 0.15) is 5.60 Å². The first kappa shape index (κ1) is 20.8. The maximum absolute atomic E-state index is 12.2. The maximum atomic E-state index is 12.2. The van der Waals surface area contributed by atoms with E-state index >= 15 is 0 Å². The minimum Gasteiger partial charge on any atom is -0.444 e. The van der Waals surface area contributed by atoms with E-state index in [1.807, 2.05) is 20.8 Å². The van der Waals surface area contributed by atoms with Gasteiger partial charge < -0.3 is 25.6 Å². The topological polar surface area (TPSA) is 115 Å². The van der Waals surface area contributed by atoms with Crippen molar-refractivity contribution in [1.82, 2.24) is 25.8 Å². The number of carbonyl (C=O) groups excluding carboxylic acids is 3. The van der Waals surface area contributed by atoms with Gasteiger partial charge in [0, 0.05) is 39.3 Å². The predicted molar refractivity (Wildman–Crippen MR) is 100 cm³/mol. The lowest BCUT2D eigenvalue weighted by atomic mass is 10.1. The summed E-state index contributed by atoms with van der Waals surface area (Å²) in [5.74, 6) is 0.336. The van der Waals surface area contributed by atoms with Crippen LogP contribution in [0.2, 0.25) is 0 Å². The first-order chi connectivity index (χ1) is 12.7. The van der Waals surface area contributed by atoms with Crippen LogP contribution in [0.15, 0.2) is 4.99 Å². The van der Waals surface area contributed by atoms with Crippen LogP contribution in [-0.4, -0.2) is 85.2 Å². The number of rotatable bonds is 4. The third-order valence-electron chi connectivity index (χ3n) is 4.20. The van der Waals surface area contributed by atoms with Gasteiger partial charge in [-0.1, -0.05) is 0 Å². The Hall–Kier alpha value is -2.52. The van der Waals surface area contributed by atoms with E-state index in [0.717, 1.165) is 12.8 Å². The summed E-state index contributed by atoms with van der Waals surface area (Å²) >= 11 is 0. The van der Waals surface area contributed by atoms with Crippen molar-refractivity contribution in [2.45, 2.75) is 45.3 Å². The van der Waals surface area contributed by atoms with Crippen molar-refractivity contribution in [2.24, 2.45) is 4.99 Å². The Morgan fingerprint density at radius 1 is 1.37 bits per heavy atom. The summed E-state index contributed by atoms with van der Waals surface area (Å²) in [7, 11) is 1.65. The molecule has 10 nitrogen and oxygen atoms in total. The Balaban J connectivity index is 1.79. The number of hydrogen-bond acceptors (Lipinski definition) is 5. The molecule has 0 aromatic heterocycles. The fourth-order valence-electron chi connectivity index (χ4n) is 2.94. The zero-order valence-electron chi connectivity index (χ0n) is 16.5. The number of hydrogen-bond donors (Lipinski definition) is 3. The molecule has 0 spiro atoms. The van der Waals surface area contributed by atoms with Gasteiger partial charge in [0.2, 0.25) is 5.91 Å². The number of likely N-dealkylation sites (tertiary alicyclic amines) is 1. The molecule has 0 aromatic carbocycles. The molecule has 27 heavy (non-hydrogen) atoms. The highest BCUT2D eigenvalue weighted by Crippen LogP contribution is 2.15. The molecule has 2 aliphatic rings. The molecule has 10 heteroatoms. The normalized spacial score (nSPS) is 21.2. The molecule has 2 saturated heterocycles. The quantitative estimate of drug-likeness (QED) is 0.361. The summed E-state index contributed by atoms with van der Waals surface area (Å²) in [6.07, 6.45) is 1.47. The summed E-state index contributed by atoms with van der Waals surface area (Å²) < 4.78 is 5.44. The number of guanidine groups is 1. The minimum absolute atomic E-state index is 0.0500. The number of amides is 4. The summed E-state index contributed by atoms with van der Waals surface area (Å²) in [5.41, 5.74) is -0.519. The summed E-state index contributed by atoms with van der Waals surface area (Å²) in [4.78, 5) is 42.4. The standard InChI is InChI=1S/C17H30N6O4/c1-17(2,3)27-16(26)22-8-5-6-12(11-22)21-14(18-4)19-7-9-23-13(24)10-20-15(23)25/h12H,5-11H2,1-4H3,(H,20,25)(H2,18,19,21). The van der Waals surface area contributed by atoms with Crippen LogP contribution in [0.3, 0.4) is 0 Å². The van der Waals surface area contributed by atoms with Gasteiger partial charge in [-0.05, 0) is 33.6 Å². The van der Waals surface area contributed by atoms with E-state index in [9.17, 15) is 14.4 Å². The van der Waals surface area contributed by atoms with E-state index in [-0.39, 0.29) is 37.2 Å². The molecule has 1 unspecified atom stereocenters. The molecule has 152 valence electrons. The highest BCUT2D eigenvalue weighted by molar-refractivity contribution is 6.01. The Morgan fingerprint density at radius 3 is 2.70 bits per heavy atom. The Labute approximate surface area is 159 Å². The highest BCUT2D eigenvalue weighted by atomic mass is 16.6. The first-order valence-corrected chi connectivity index (χ1v) is 9.23.